The molecule has 0 saturated heterocycles. The van der Waals surface area contributed by atoms with Crippen LogP contribution in [0.25, 0.3) is 0 Å². The Kier molecular flexibility index (Phi) is 3.20. The zero-order valence-corrected chi connectivity index (χ0v) is 6.94. The molecule has 0 aromatic heterocycles. The second kappa shape index (κ2) is 3.21. The average Bonchev–Trinajstić information content (AvgIpc) is 2.47. The van der Waals surface area contributed by atoms with E-state index in [-0.39, 0.29) is 0 Å². The van der Waals surface area contributed by atoms with Crippen molar-refractivity contribution in [1.29, 1.82) is 0 Å². The van der Waals surface area contributed by atoms with Crippen LogP contribution in [0.5, 0.6) is 0 Å². The lowest BCUT2D eigenvalue weighted by atomic mass is 9.91. The van der Waals surface area contributed by atoms with Crippen molar-refractivity contribution in [2.75, 3.05) is 7.11 Å². The molecule has 1 nitrogen and oxygen atoms in total. The monoisotopic (exact) mass is 130 g/mol. The van der Waals surface area contributed by atoms with Crippen LogP contribution in [-0.4, -0.2) is 12.2 Å². The molecule has 0 bridgehead atoms. The normalized spacial score (nSPS) is 18.3. The van der Waals surface area contributed by atoms with Gasteiger partial charge in [0.25, 0.3) is 0 Å². The summed E-state index contributed by atoms with van der Waals surface area (Å²) in [7, 11) is 1.00. The minimum absolute atomic E-state index is 0.611. The Morgan fingerprint density at radius 1 is 1.11 bits per heavy atom. The van der Waals surface area contributed by atoms with Crippen molar-refractivity contribution in [3.8, 4) is 0 Å². The third-order valence-electron chi connectivity index (χ3n) is 1.80. The third-order valence-corrected chi connectivity index (χ3v) is 1.80. The number of aliphatic hydroxyl groups excluding tert-OH is 1. The van der Waals surface area contributed by atoms with Gasteiger partial charge in [0.1, 0.15) is 0 Å². The van der Waals surface area contributed by atoms with Gasteiger partial charge in [0, 0.05) is 7.11 Å². The van der Waals surface area contributed by atoms with Crippen LogP contribution in [0.4, 0.5) is 0 Å². The van der Waals surface area contributed by atoms with E-state index in [1.807, 2.05) is 0 Å². The Balaban J connectivity index is 0.000000291. The molecule has 0 unspecified atom stereocenters. The maximum Gasteiger partial charge on any atom is 0.0319 e. The molecule has 0 atom stereocenters. The van der Waals surface area contributed by atoms with Crippen LogP contribution in [0.1, 0.15) is 33.6 Å². The molecule has 1 saturated carbocycles. The Morgan fingerprint density at radius 2 is 1.44 bits per heavy atom. The van der Waals surface area contributed by atoms with Gasteiger partial charge in [0.05, 0.1) is 0 Å². The molecule has 9 heavy (non-hydrogen) atoms. The van der Waals surface area contributed by atoms with Gasteiger partial charge in [0.15, 0.2) is 0 Å². The van der Waals surface area contributed by atoms with Crippen molar-refractivity contribution in [1.82, 2.24) is 0 Å². The third kappa shape index (κ3) is 3.52. The molecule has 0 radical (unpaired) electrons. The van der Waals surface area contributed by atoms with Crippen LogP contribution >= 0.6 is 0 Å². The van der Waals surface area contributed by atoms with E-state index in [9.17, 15) is 0 Å². The van der Waals surface area contributed by atoms with Crippen molar-refractivity contribution in [3.63, 3.8) is 0 Å². The zero-order valence-electron chi connectivity index (χ0n) is 6.94. The van der Waals surface area contributed by atoms with Gasteiger partial charge in [0.2, 0.25) is 0 Å². The molecule has 0 amide bonds. The summed E-state index contributed by atoms with van der Waals surface area (Å²) in [5, 5.41) is 7.00. The summed E-state index contributed by atoms with van der Waals surface area (Å²) in [6.07, 6.45) is 2.95. The molecular formula is C8H18O. The van der Waals surface area contributed by atoms with Crippen molar-refractivity contribution in [2.45, 2.75) is 33.6 Å². The number of hydrogen-bond acceptors (Lipinski definition) is 1. The first kappa shape index (κ1) is 8.96. The van der Waals surface area contributed by atoms with E-state index < -0.39 is 0 Å². The fourth-order valence-corrected chi connectivity index (χ4v) is 0.949. The lowest BCUT2D eigenvalue weighted by Crippen LogP contribution is -2.06. The quantitative estimate of drug-likeness (QED) is 0.532. The molecule has 0 spiro atoms. The number of aliphatic hydroxyl groups is 1. The lowest BCUT2D eigenvalue weighted by molar-refractivity contribution is 0.351. The first-order valence-corrected chi connectivity index (χ1v) is 3.55. The first-order valence-electron chi connectivity index (χ1n) is 3.55. The van der Waals surface area contributed by atoms with Gasteiger partial charge in [-0.15, -0.1) is 0 Å². The van der Waals surface area contributed by atoms with Crippen LogP contribution in [0, 0.1) is 11.3 Å². The fourth-order valence-electron chi connectivity index (χ4n) is 0.949. The van der Waals surface area contributed by atoms with Crippen LogP contribution in [0.15, 0.2) is 0 Å². The zero-order chi connectivity index (χ0) is 7.49. The van der Waals surface area contributed by atoms with E-state index in [2.05, 4.69) is 20.8 Å². The van der Waals surface area contributed by atoms with Crippen molar-refractivity contribution in [3.05, 3.63) is 0 Å². The summed E-state index contributed by atoms with van der Waals surface area (Å²) in [6, 6.07) is 0. The Hall–Kier alpha value is -0.0400. The molecule has 1 rings (SSSR count). The van der Waals surface area contributed by atoms with E-state index in [0.717, 1.165) is 13.0 Å². The topological polar surface area (TPSA) is 20.2 Å². The highest BCUT2D eigenvalue weighted by Crippen LogP contribution is 2.44. The minimum atomic E-state index is 0.611. The Bertz CT molecular complexity index is 67.1. The molecule has 0 aliphatic heterocycles. The van der Waals surface area contributed by atoms with Gasteiger partial charge in [-0.1, -0.05) is 20.8 Å². The highest BCUT2D eigenvalue weighted by Gasteiger charge is 2.33. The highest BCUT2D eigenvalue weighted by molar-refractivity contribution is 4.84. The Labute approximate surface area is 58.1 Å². The van der Waals surface area contributed by atoms with E-state index in [4.69, 9.17) is 5.11 Å². The van der Waals surface area contributed by atoms with Gasteiger partial charge in [-0.05, 0) is 24.2 Å². The van der Waals surface area contributed by atoms with Crippen molar-refractivity contribution in [2.24, 2.45) is 11.3 Å². The van der Waals surface area contributed by atoms with Crippen LogP contribution in [0.2, 0.25) is 0 Å². The SMILES string of the molecule is CC(C)(C)C1CC1.CO. The van der Waals surface area contributed by atoms with Crippen LogP contribution in [0.3, 0.4) is 0 Å². The predicted octanol–water partition coefficient (Wildman–Crippen LogP) is 2.05. The van der Waals surface area contributed by atoms with Crippen molar-refractivity contribution < 1.29 is 5.11 Å². The van der Waals surface area contributed by atoms with Gasteiger partial charge in [-0.2, -0.15) is 0 Å². The standard InChI is InChI=1S/C7H14.CH4O/c1-7(2,3)6-4-5-6;1-2/h6H,4-5H2,1-3H3;2H,1H3. The van der Waals surface area contributed by atoms with E-state index in [1.165, 1.54) is 12.8 Å². The van der Waals surface area contributed by atoms with Gasteiger partial charge in [-0.25, -0.2) is 0 Å². The number of hydrogen-bond donors (Lipinski definition) is 1. The Morgan fingerprint density at radius 3 is 1.44 bits per heavy atom. The smallest absolute Gasteiger partial charge is 0.0319 e. The predicted molar refractivity (Wildman–Crippen MR) is 40.3 cm³/mol. The molecule has 0 heterocycles. The second-order valence-corrected chi connectivity index (χ2v) is 3.64. The summed E-state index contributed by atoms with van der Waals surface area (Å²) in [5.41, 5.74) is 0.611. The van der Waals surface area contributed by atoms with Crippen LogP contribution < -0.4 is 0 Å². The lowest BCUT2D eigenvalue weighted by Gasteiger charge is -2.15. The van der Waals surface area contributed by atoms with Crippen LogP contribution in [-0.2, 0) is 0 Å². The van der Waals surface area contributed by atoms with Gasteiger partial charge in [-0.3, -0.25) is 0 Å². The van der Waals surface area contributed by atoms with Gasteiger partial charge < -0.3 is 5.11 Å². The number of rotatable bonds is 0. The van der Waals surface area contributed by atoms with E-state index in [1.54, 1.807) is 0 Å². The maximum atomic E-state index is 7.00. The van der Waals surface area contributed by atoms with Gasteiger partial charge >= 0.3 is 0 Å². The molecule has 0 aromatic carbocycles. The first-order chi connectivity index (χ1) is 4.11. The summed E-state index contributed by atoms with van der Waals surface area (Å²) in [4.78, 5) is 0. The molecule has 1 fully saturated rings. The fraction of sp³-hybridized carbons (Fsp3) is 1.00. The molecule has 1 aliphatic rings. The summed E-state index contributed by atoms with van der Waals surface area (Å²) >= 11 is 0. The molecular weight excluding hydrogens is 112 g/mol. The molecule has 1 heteroatoms. The summed E-state index contributed by atoms with van der Waals surface area (Å²) in [5.74, 6) is 1.05. The largest absolute Gasteiger partial charge is 0.400 e. The summed E-state index contributed by atoms with van der Waals surface area (Å²) in [6.45, 7) is 6.97. The highest BCUT2D eigenvalue weighted by atomic mass is 16.2. The van der Waals surface area contributed by atoms with E-state index >= 15 is 0 Å². The minimum Gasteiger partial charge on any atom is -0.400 e. The second-order valence-electron chi connectivity index (χ2n) is 3.64. The molecule has 1 aliphatic carbocycles. The van der Waals surface area contributed by atoms with E-state index in [0.29, 0.717) is 5.41 Å². The average molecular weight is 130 g/mol. The maximum absolute atomic E-state index is 7.00. The molecule has 0 aromatic rings. The molecule has 56 valence electrons. The summed E-state index contributed by atoms with van der Waals surface area (Å²) < 4.78 is 0. The van der Waals surface area contributed by atoms with Crippen molar-refractivity contribution >= 4 is 0 Å². The molecule has 1 N–H and O–H groups in total.